The van der Waals surface area contributed by atoms with Gasteiger partial charge in [0.15, 0.2) is 0 Å². The third-order valence-electron chi connectivity index (χ3n) is 4.66. The van der Waals surface area contributed by atoms with Gasteiger partial charge in [-0.3, -0.25) is 9.78 Å². The summed E-state index contributed by atoms with van der Waals surface area (Å²) in [7, 11) is 1.77. The first-order valence-electron chi connectivity index (χ1n) is 9.19. The van der Waals surface area contributed by atoms with E-state index < -0.39 is 17.8 Å². The van der Waals surface area contributed by atoms with Gasteiger partial charge in [-0.1, -0.05) is 53.5 Å². The minimum atomic E-state index is -4.54. The molecule has 0 saturated heterocycles. The zero-order valence-corrected chi connectivity index (χ0v) is 17.8. The number of anilines is 1. The molecule has 1 N–H and O–H groups in total. The zero-order valence-electron chi connectivity index (χ0n) is 16.3. The molecule has 1 atom stereocenters. The Morgan fingerprint density at radius 2 is 1.74 bits per heavy atom. The Hall–Kier alpha value is -2.77. The lowest BCUT2D eigenvalue weighted by molar-refractivity contribution is -0.137. The number of carbonyl (C=O) groups is 1. The number of pyridine rings is 1. The fourth-order valence-corrected chi connectivity index (χ4v) is 3.39. The molecule has 0 fully saturated rings. The summed E-state index contributed by atoms with van der Waals surface area (Å²) in [6, 6.07) is 16.2. The highest BCUT2D eigenvalue weighted by Gasteiger charge is 2.32. The molecule has 0 aliphatic carbocycles. The van der Waals surface area contributed by atoms with Gasteiger partial charge in [0.05, 0.1) is 22.8 Å². The van der Waals surface area contributed by atoms with E-state index in [1.165, 1.54) is 0 Å². The van der Waals surface area contributed by atoms with E-state index in [0.717, 1.165) is 17.3 Å². The van der Waals surface area contributed by atoms with Crippen LogP contribution in [0, 0.1) is 0 Å². The third kappa shape index (κ3) is 5.68. The van der Waals surface area contributed by atoms with Crippen LogP contribution in [0.4, 0.5) is 18.9 Å². The Morgan fingerprint density at radius 3 is 2.32 bits per heavy atom. The monoisotopic (exact) mass is 467 g/mol. The average molecular weight is 468 g/mol. The van der Waals surface area contributed by atoms with Gasteiger partial charge in [0, 0.05) is 24.0 Å². The van der Waals surface area contributed by atoms with E-state index in [4.69, 9.17) is 23.2 Å². The van der Waals surface area contributed by atoms with E-state index >= 15 is 0 Å². The molecule has 9 heteroatoms. The van der Waals surface area contributed by atoms with Crippen molar-refractivity contribution in [1.82, 2.24) is 10.3 Å². The SMILES string of the molecule is CN(c1ccc(Cl)cc1)C(C(=O)NCc1ncc(C(F)(F)F)cc1Cl)c1ccccc1. The van der Waals surface area contributed by atoms with Crippen molar-refractivity contribution >= 4 is 34.8 Å². The maximum atomic E-state index is 13.1. The van der Waals surface area contributed by atoms with Crippen molar-refractivity contribution in [3.63, 3.8) is 0 Å². The number of likely N-dealkylation sites (N-methyl/N-ethyl adjacent to an activating group) is 1. The molecular weight excluding hydrogens is 450 g/mol. The highest BCUT2D eigenvalue weighted by atomic mass is 35.5. The number of amides is 1. The molecule has 0 radical (unpaired) electrons. The molecule has 2 aromatic carbocycles. The van der Waals surface area contributed by atoms with Crippen LogP contribution in [0.1, 0.15) is 22.9 Å². The molecule has 1 unspecified atom stereocenters. The van der Waals surface area contributed by atoms with E-state index in [-0.39, 0.29) is 23.2 Å². The van der Waals surface area contributed by atoms with Crippen molar-refractivity contribution in [1.29, 1.82) is 0 Å². The number of halogens is 5. The molecule has 31 heavy (non-hydrogen) atoms. The van der Waals surface area contributed by atoms with Gasteiger partial charge in [-0.05, 0) is 35.9 Å². The molecule has 162 valence electrons. The maximum Gasteiger partial charge on any atom is 0.417 e. The highest BCUT2D eigenvalue weighted by Crippen LogP contribution is 2.31. The second-order valence-corrected chi connectivity index (χ2v) is 7.61. The van der Waals surface area contributed by atoms with Gasteiger partial charge < -0.3 is 10.2 Å². The normalized spacial score (nSPS) is 12.3. The van der Waals surface area contributed by atoms with Gasteiger partial charge in [0.25, 0.3) is 0 Å². The first-order chi connectivity index (χ1) is 14.7. The predicted molar refractivity (Wildman–Crippen MR) is 115 cm³/mol. The zero-order chi connectivity index (χ0) is 22.6. The van der Waals surface area contributed by atoms with Gasteiger partial charge in [0.1, 0.15) is 6.04 Å². The minimum absolute atomic E-state index is 0.117. The lowest BCUT2D eigenvalue weighted by Crippen LogP contribution is -2.38. The van der Waals surface area contributed by atoms with Crippen molar-refractivity contribution < 1.29 is 18.0 Å². The van der Waals surface area contributed by atoms with Crippen molar-refractivity contribution in [2.45, 2.75) is 18.8 Å². The molecule has 0 aliphatic rings. The van der Waals surface area contributed by atoms with E-state index in [1.807, 2.05) is 30.3 Å². The Morgan fingerprint density at radius 1 is 1.10 bits per heavy atom. The summed E-state index contributed by atoms with van der Waals surface area (Å²) in [5, 5.41) is 3.12. The maximum absolute atomic E-state index is 13.1. The van der Waals surface area contributed by atoms with E-state index in [9.17, 15) is 18.0 Å². The summed E-state index contributed by atoms with van der Waals surface area (Å²) >= 11 is 11.9. The van der Waals surface area contributed by atoms with Gasteiger partial charge in [-0.2, -0.15) is 13.2 Å². The van der Waals surface area contributed by atoms with Crippen LogP contribution in [0.15, 0.2) is 66.9 Å². The molecule has 0 saturated carbocycles. The molecule has 3 aromatic rings. The summed E-state index contributed by atoms with van der Waals surface area (Å²) in [6.45, 7) is -0.117. The second kappa shape index (κ2) is 9.58. The van der Waals surface area contributed by atoms with Crippen LogP contribution in [-0.4, -0.2) is 17.9 Å². The van der Waals surface area contributed by atoms with Crippen LogP contribution in [-0.2, 0) is 17.5 Å². The summed E-state index contributed by atoms with van der Waals surface area (Å²) in [5.41, 5.74) is 0.698. The summed E-state index contributed by atoms with van der Waals surface area (Å²) < 4.78 is 38.4. The molecule has 1 amide bonds. The number of carbonyl (C=O) groups excluding carboxylic acids is 1. The van der Waals surface area contributed by atoms with E-state index in [0.29, 0.717) is 11.2 Å². The smallest absolute Gasteiger partial charge is 0.359 e. The summed E-state index contributed by atoms with van der Waals surface area (Å²) in [5.74, 6) is -0.360. The summed E-state index contributed by atoms with van der Waals surface area (Å²) in [4.78, 5) is 18.7. The topological polar surface area (TPSA) is 45.2 Å². The van der Waals surface area contributed by atoms with Crippen LogP contribution in [0.5, 0.6) is 0 Å². The first kappa shape index (κ1) is 22.9. The molecule has 0 bridgehead atoms. The van der Waals surface area contributed by atoms with Crippen LogP contribution in [0.3, 0.4) is 0 Å². The Labute approximate surface area is 187 Å². The Balaban J connectivity index is 1.82. The molecule has 1 heterocycles. The fourth-order valence-electron chi connectivity index (χ4n) is 3.03. The lowest BCUT2D eigenvalue weighted by atomic mass is 10.0. The molecular formula is C22H18Cl2F3N3O. The molecule has 1 aromatic heterocycles. The number of aromatic nitrogens is 1. The number of rotatable bonds is 6. The average Bonchev–Trinajstić information content (AvgIpc) is 2.73. The van der Waals surface area contributed by atoms with Gasteiger partial charge in [-0.25, -0.2) is 0 Å². The van der Waals surface area contributed by atoms with E-state index in [1.54, 1.807) is 36.2 Å². The number of benzene rings is 2. The molecule has 3 rings (SSSR count). The molecule has 4 nitrogen and oxygen atoms in total. The number of nitrogens with one attached hydrogen (secondary N) is 1. The molecule has 0 spiro atoms. The molecule has 0 aliphatic heterocycles. The fraction of sp³-hybridized carbons (Fsp3) is 0.182. The number of alkyl halides is 3. The van der Waals surface area contributed by atoms with Gasteiger partial charge in [-0.15, -0.1) is 0 Å². The highest BCUT2D eigenvalue weighted by molar-refractivity contribution is 6.31. The summed E-state index contributed by atoms with van der Waals surface area (Å²) in [6.07, 6.45) is -3.85. The van der Waals surface area contributed by atoms with Crippen molar-refractivity contribution in [2.75, 3.05) is 11.9 Å². The van der Waals surface area contributed by atoms with Crippen molar-refractivity contribution in [3.8, 4) is 0 Å². The Kier molecular flexibility index (Phi) is 7.08. The number of nitrogens with zero attached hydrogens (tertiary/aromatic N) is 2. The van der Waals surface area contributed by atoms with Crippen molar-refractivity contribution in [2.24, 2.45) is 0 Å². The van der Waals surface area contributed by atoms with E-state index in [2.05, 4.69) is 10.3 Å². The van der Waals surface area contributed by atoms with Gasteiger partial charge in [0.2, 0.25) is 5.91 Å². The van der Waals surface area contributed by atoms with Crippen LogP contribution in [0.2, 0.25) is 10.0 Å². The minimum Gasteiger partial charge on any atom is -0.359 e. The standard InChI is InChI=1S/C22H18Cl2F3N3O/c1-30(17-9-7-16(23)8-10-17)20(14-5-3-2-4-6-14)21(31)29-13-19-18(24)11-15(12-28-19)22(25,26)27/h2-12,20H,13H2,1H3,(H,29,31). The third-order valence-corrected chi connectivity index (χ3v) is 5.24. The second-order valence-electron chi connectivity index (χ2n) is 6.77. The first-order valence-corrected chi connectivity index (χ1v) is 9.95. The predicted octanol–water partition coefficient (Wildman–Crippen LogP) is 5.90. The Bertz CT molecular complexity index is 1040. The largest absolute Gasteiger partial charge is 0.417 e. The van der Waals surface area contributed by atoms with Crippen LogP contribution >= 0.6 is 23.2 Å². The van der Waals surface area contributed by atoms with Gasteiger partial charge >= 0.3 is 6.18 Å². The number of hydrogen-bond acceptors (Lipinski definition) is 3. The van der Waals surface area contributed by atoms with Crippen LogP contribution in [0.25, 0.3) is 0 Å². The van der Waals surface area contributed by atoms with Crippen molar-refractivity contribution in [3.05, 3.63) is 93.7 Å². The number of hydrogen-bond donors (Lipinski definition) is 1. The quantitative estimate of drug-likeness (QED) is 0.490. The van der Waals surface area contributed by atoms with Crippen LogP contribution < -0.4 is 10.2 Å². The lowest BCUT2D eigenvalue weighted by Gasteiger charge is -2.29.